The maximum Gasteiger partial charge on any atom is 0.312 e. The third-order valence-corrected chi connectivity index (χ3v) is 2.47. The normalized spacial score (nSPS) is 11.2. The van der Waals surface area contributed by atoms with Crippen molar-refractivity contribution >= 4 is 6.41 Å². The van der Waals surface area contributed by atoms with Gasteiger partial charge in [0.1, 0.15) is 0 Å². The van der Waals surface area contributed by atoms with E-state index in [2.05, 4.69) is 20.8 Å². The van der Waals surface area contributed by atoms with E-state index in [1.807, 2.05) is 6.41 Å². The molecule has 0 bridgehead atoms. The second kappa shape index (κ2) is 3.59. The molecule has 0 atom stereocenters. The van der Waals surface area contributed by atoms with Gasteiger partial charge < -0.3 is 4.90 Å². The third kappa shape index (κ3) is 1.72. The molecule has 10 heavy (non-hydrogen) atoms. The molecule has 2 heteroatoms. The summed E-state index contributed by atoms with van der Waals surface area (Å²) in [5.74, 6) is 0. The van der Waals surface area contributed by atoms with Gasteiger partial charge in [0.2, 0.25) is 0 Å². The van der Waals surface area contributed by atoms with E-state index in [1.165, 1.54) is 0 Å². The number of carbonyl (C=O) groups excluding carboxylic acids is 1. The topological polar surface area (TPSA) is 20.3 Å². The lowest BCUT2D eigenvalue weighted by atomic mass is 9.94. The van der Waals surface area contributed by atoms with Gasteiger partial charge in [-0.15, -0.1) is 0 Å². The Labute approximate surface area is 63.2 Å². The first-order valence-electron chi connectivity index (χ1n) is 3.72. The van der Waals surface area contributed by atoms with Gasteiger partial charge in [0.25, 0.3) is 0 Å². The van der Waals surface area contributed by atoms with Crippen LogP contribution in [0.1, 0.15) is 33.6 Å². The molecule has 0 aromatic rings. The fourth-order valence-corrected chi connectivity index (χ4v) is 0.835. The molecule has 0 aromatic carbocycles. The van der Waals surface area contributed by atoms with Crippen LogP contribution in [0, 0.1) is 0 Å². The predicted octanol–water partition coefficient (Wildman–Crippen LogP) is 1.56. The van der Waals surface area contributed by atoms with Crippen LogP contribution in [0.5, 0.6) is 0 Å². The SMILES string of the molecule is CCC(C)(CC)N(C)[C]=O. The van der Waals surface area contributed by atoms with Crippen molar-refractivity contribution in [3.63, 3.8) is 0 Å². The van der Waals surface area contributed by atoms with Crippen molar-refractivity contribution in [2.24, 2.45) is 0 Å². The maximum absolute atomic E-state index is 10.3. The Morgan fingerprint density at radius 2 is 1.80 bits per heavy atom. The average Bonchev–Trinajstić information content (AvgIpc) is 2.01. The molecule has 0 aliphatic carbocycles. The van der Waals surface area contributed by atoms with E-state index in [4.69, 9.17) is 0 Å². The Kier molecular flexibility index (Phi) is 3.40. The van der Waals surface area contributed by atoms with Gasteiger partial charge in [-0.25, -0.2) is 0 Å². The minimum atomic E-state index is 0.00174. The molecule has 0 aromatic heterocycles. The minimum absolute atomic E-state index is 0.00174. The standard InChI is InChI=1S/C8H16NO/c1-5-8(3,6-2)9(4)7-10/h5-6H2,1-4H3. The molecule has 0 saturated carbocycles. The van der Waals surface area contributed by atoms with Gasteiger partial charge in [-0.3, -0.25) is 4.79 Å². The number of nitrogens with zero attached hydrogens (tertiary/aromatic N) is 1. The van der Waals surface area contributed by atoms with Crippen LogP contribution in [0.15, 0.2) is 0 Å². The molecular weight excluding hydrogens is 126 g/mol. The lowest BCUT2D eigenvalue weighted by molar-refractivity contribution is 0.204. The molecule has 0 aliphatic heterocycles. The Balaban J connectivity index is 4.15. The van der Waals surface area contributed by atoms with Crippen LogP contribution in [-0.2, 0) is 4.79 Å². The molecule has 0 aliphatic rings. The summed E-state index contributed by atoms with van der Waals surface area (Å²) in [6.07, 6.45) is 3.85. The van der Waals surface area contributed by atoms with Crippen LogP contribution in [0.4, 0.5) is 0 Å². The molecule has 0 saturated heterocycles. The van der Waals surface area contributed by atoms with Gasteiger partial charge in [-0.2, -0.15) is 0 Å². The number of hydrogen-bond donors (Lipinski definition) is 0. The van der Waals surface area contributed by atoms with Crippen LogP contribution in [0.3, 0.4) is 0 Å². The summed E-state index contributed by atoms with van der Waals surface area (Å²) in [6.45, 7) is 6.23. The van der Waals surface area contributed by atoms with E-state index in [-0.39, 0.29) is 5.54 Å². The predicted molar refractivity (Wildman–Crippen MR) is 42.4 cm³/mol. The quantitative estimate of drug-likeness (QED) is 0.545. The summed E-state index contributed by atoms with van der Waals surface area (Å²) in [6, 6.07) is 0. The molecular formula is C8H16NO. The molecule has 2 nitrogen and oxygen atoms in total. The van der Waals surface area contributed by atoms with Crippen LogP contribution >= 0.6 is 0 Å². The molecule has 1 amide bonds. The van der Waals surface area contributed by atoms with E-state index in [1.54, 1.807) is 11.9 Å². The van der Waals surface area contributed by atoms with Crippen molar-refractivity contribution < 1.29 is 4.79 Å². The summed E-state index contributed by atoms with van der Waals surface area (Å²) in [5.41, 5.74) is 0.00174. The van der Waals surface area contributed by atoms with Crippen LogP contribution in [0.25, 0.3) is 0 Å². The first-order valence-corrected chi connectivity index (χ1v) is 3.72. The second-order valence-corrected chi connectivity index (χ2v) is 2.85. The molecule has 0 spiro atoms. The van der Waals surface area contributed by atoms with Crippen molar-refractivity contribution in [1.29, 1.82) is 0 Å². The van der Waals surface area contributed by atoms with E-state index < -0.39 is 0 Å². The fraction of sp³-hybridized carbons (Fsp3) is 0.875. The molecule has 59 valence electrons. The van der Waals surface area contributed by atoms with Gasteiger partial charge in [0.05, 0.1) is 0 Å². The van der Waals surface area contributed by atoms with Crippen LogP contribution in [0.2, 0.25) is 0 Å². The zero-order chi connectivity index (χ0) is 8.20. The monoisotopic (exact) mass is 142 g/mol. The van der Waals surface area contributed by atoms with Crippen LogP contribution < -0.4 is 0 Å². The second-order valence-electron chi connectivity index (χ2n) is 2.85. The lowest BCUT2D eigenvalue weighted by Crippen LogP contribution is -2.41. The summed E-state index contributed by atoms with van der Waals surface area (Å²) >= 11 is 0. The summed E-state index contributed by atoms with van der Waals surface area (Å²) in [5, 5.41) is 0. The first kappa shape index (κ1) is 9.47. The molecule has 1 radical (unpaired) electrons. The van der Waals surface area contributed by atoms with Gasteiger partial charge in [0.15, 0.2) is 0 Å². The minimum Gasteiger partial charge on any atom is -0.332 e. The van der Waals surface area contributed by atoms with Gasteiger partial charge in [-0.1, -0.05) is 13.8 Å². The van der Waals surface area contributed by atoms with Crippen molar-refractivity contribution in [1.82, 2.24) is 4.90 Å². The van der Waals surface area contributed by atoms with E-state index in [0.717, 1.165) is 12.8 Å². The highest BCUT2D eigenvalue weighted by Gasteiger charge is 2.23. The molecule has 0 rings (SSSR count). The van der Waals surface area contributed by atoms with Gasteiger partial charge >= 0.3 is 6.41 Å². The first-order chi connectivity index (χ1) is 4.60. The van der Waals surface area contributed by atoms with Crippen molar-refractivity contribution in [2.45, 2.75) is 39.2 Å². The van der Waals surface area contributed by atoms with Gasteiger partial charge in [0, 0.05) is 12.6 Å². The van der Waals surface area contributed by atoms with Crippen molar-refractivity contribution in [3.8, 4) is 0 Å². The highest BCUT2D eigenvalue weighted by atomic mass is 16.1. The average molecular weight is 142 g/mol. The summed E-state index contributed by atoms with van der Waals surface area (Å²) in [7, 11) is 1.78. The molecule has 0 N–H and O–H groups in total. The largest absolute Gasteiger partial charge is 0.332 e. The smallest absolute Gasteiger partial charge is 0.312 e. The Hall–Kier alpha value is -0.530. The third-order valence-electron chi connectivity index (χ3n) is 2.47. The van der Waals surface area contributed by atoms with Gasteiger partial charge in [-0.05, 0) is 19.8 Å². The Morgan fingerprint density at radius 1 is 1.40 bits per heavy atom. The fourth-order valence-electron chi connectivity index (χ4n) is 0.835. The van der Waals surface area contributed by atoms with Crippen molar-refractivity contribution in [3.05, 3.63) is 0 Å². The van der Waals surface area contributed by atoms with Crippen LogP contribution in [-0.4, -0.2) is 23.9 Å². The Morgan fingerprint density at radius 3 is 1.90 bits per heavy atom. The highest BCUT2D eigenvalue weighted by Crippen LogP contribution is 2.19. The molecule has 0 fully saturated rings. The zero-order valence-corrected chi connectivity index (χ0v) is 7.27. The Bertz CT molecular complexity index is 108. The lowest BCUT2D eigenvalue weighted by Gasteiger charge is -2.33. The molecule has 0 unspecified atom stereocenters. The van der Waals surface area contributed by atoms with E-state index >= 15 is 0 Å². The van der Waals surface area contributed by atoms with Crippen molar-refractivity contribution in [2.75, 3.05) is 7.05 Å². The zero-order valence-electron chi connectivity index (χ0n) is 7.27. The highest BCUT2D eigenvalue weighted by molar-refractivity contribution is 5.49. The number of rotatable bonds is 4. The maximum atomic E-state index is 10.3. The van der Waals surface area contributed by atoms with E-state index in [0.29, 0.717) is 0 Å². The number of hydrogen-bond acceptors (Lipinski definition) is 1. The van der Waals surface area contributed by atoms with E-state index in [9.17, 15) is 4.79 Å². The summed E-state index contributed by atoms with van der Waals surface area (Å²) < 4.78 is 0. The number of amides is 1. The molecule has 0 heterocycles. The summed E-state index contributed by atoms with van der Waals surface area (Å²) in [4.78, 5) is 11.9.